The first-order valence-corrected chi connectivity index (χ1v) is 7.74. The van der Waals surface area contributed by atoms with Gasteiger partial charge in [-0.1, -0.05) is 20.8 Å². The smallest absolute Gasteiger partial charge is 0.244 e. The van der Waals surface area contributed by atoms with Gasteiger partial charge in [-0.05, 0) is 19.8 Å². The summed E-state index contributed by atoms with van der Waals surface area (Å²) in [5.74, 6) is 0.107. The average Bonchev–Trinajstić information content (AvgIpc) is 2.94. The minimum atomic E-state index is 0.00318. The van der Waals surface area contributed by atoms with Crippen LogP contribution in [0.2, 0.25) is 0 Å². The molecule has 6 nitrogen and oxygen atoms in total. The van der Waals surface area contributed by atoms with Gasteiger partial charge >= 0.3 is 0 Å². The van der Waals surface area contributed by atoms with Crippen molar-refractivity contribution in [1.82, 2.24) is 19.7 Å². The van der Waals surface area contributed by atoms with Crippen LogP contribution in [0.15, 0.2) is 12.7 Å². The van der Waals surface area contributed by atoms with Gasteiger partial charge in [-0.2, -0.15) is 5.10 Å². The molecule has 1 aromatic rings. The zero-order chi connectivity index (χ0) is 15.5. The summed E-state index contributed by atoms with van der Waals surface area (Å²) < 4.78 is 7.35. The van der Waals surface area contributed by atoms with E-state index in [-0.39, 0.29) is 30.0 Å². The SMILES string of the molecule is CCCN(C(=O)Cn1cncn1)[C@@H]1C[C@@H](OCC)C1(C)C. The third-order valence-electron chi connectivity index (χ3n) is 4.42. The summed E-state index contributed by atoms with van der Waals surface area (Å²) in [6.07, 6.45) is 5.15. The minimum Gasteiger partial charge on any atom is -0.378 e. The van der Waals surface area contributed by atoms with Crippen molar-refractivity contribution in [3.05, 3.63) is 12.7 Å². The van der Waals surface area contributed by atoms with Gasteiger partial charge in [-0.3, -0.25) is 4.79 Å². The van der Waals surface area contributed by atoms with E-state index in [4.69, 9.17) is 4.74 Å². The second-order valence-corrected chi connectivity index (χ2v) is 6.20. The fraction of sp³-hybridized carbons (Fsp3) is 0.800. The molecule has 21 heavy (non-hydrogen) atoms. The maximum Gasteiger partial charge on any atom is 0.244 e. The Bertz CT molecular complexity index is 458. The normalized spacial score (nSPS) is 23.6. The van der Waals surface area contributed by atoms with Gasteiger partial charge in [0.15, 0.2) is 0 Å². The number of hydrogen-bond donors (Lipinski definition) is 0. The molecular formula is C15H26N4O2. The van der Waals surface area contributed by atoms with Crippen LogP contribution < -0.4 is 0 Å². The summed E-state index contributed by atoms with van der Waals surface area (Å²) in [7, 11) is 0. The maximum atomic E-state index is 12.6. The molecule has 1 aliphatic rings. The van der Waals surface area contributed by atoms with Crippen LogP contribution in [0.3, 0.4) is 0 Å². The lowest BCUT2D eigenvalue weighted by molar-refractivity contribution is -0.167. The van der Waals surface area contributed by atoms with E-state index in [1.165, 1.54) is 6.33 Å². The Hall–Kier alpha value is -1.43. The lowest BCUT2D eigenvalue weighted by Gasteiger charge is -2.55. The molecule has 6 heteroatoms. The number of rotatable bonds is 7. The van der Waals surface area contributed by atoms with Gasteiger partial charge in [-0.25, -0.2) is 9.67 Å². The number of carbonyl (C=O) groups is 1. The van der Waals surface area contributed by atoms with E-state index in [0.717, 1.165) is 26.0 Å². The standard InChI is InChI=1S/C15H26N4O2/c1-5-7-19(14(20)9-18-11-16-10-17-18)12-8-13(21-6-2)15(12,3)4/h10-13H,5-9H2,1-4H3/t12-,13-/m1/s1. The van der Waals surface area contributed by atoms with Gasteiger partial charge in [0.05, 0.1) is 6.10 Å². The maximum absolute atomic E-state index is 12.6. The van der Waals surface area contributed by atoms with E-state index < -0.39 is 0 Å². The molecule has 0 aromatic carbocycles. The van der Waals surface area contributed by atoms with Crippen molar-refractivity contribution in [2.24, 2.45) is 5.41 Å². The van der Waals surface area contributed by atoms with Crippen LogP contribution in [0, 0.1) is 5.41 Å². The average molecular weight is 294 g/mol. The molecule has 1 amide bonds. The number of ether oxygens (including phenoxy) is 1. The van der Waals surface area contributed by atoms with Gasteiger partial charge in [0, 0.05) is 24.6 Å². The van der Waals surface area contributed by atoms with Crippen LogP contribution in [-0.4, -0.2) is 50.9 Å². The third kappa shape index (κ3) is 3.26. The van der Waals surface area contributed by atoms with Gasteiger partial charge in [0.2, 0.25) is 5.91 Å². The van der Waals surface area contributed by atoms with Crippen molar-refractivity contribution in [2.75, 3.05) is 13.2 Å². The quantitative estimate of drug-likeness (QED) is 0.768. The van der Waals surface area contributed by atoms with Crippen LogP contribution in [0.25, 0.3) is 0 Å². The number of nitrogens with zero attached hydrogens (tertiary/aromatic N) is 4. The molecule has 1 saturated carbocycles. The highest BCUT2D eigenvalue weighted by Crippen LogP contribution is 2.46. The Morgan fingerprint density at radius 2 is 2.24 bits per heavy atom. The summed E-state index contributed by atoms with van der Waals surface area (Å²) in [5.41, 5.74) is 0.00318. The molecule has 0 unspecified atom stereocenters. The highest BCUT2D eigenvalue weighted by Gasteiger charge is 2.52. The molecule has 1 heterocycles. The summed E-state index contributed by atoms with van der Waals surface area (Å²) >= 11 is 0. The third-order valence-corrected chi connectivity index (χ3v) is 4.42. The Labute approximate surface area is 126 Å². The summed E-state index contributed by atoms with van der Waals surface area (Å²) in [5, 5.41) is 4.02. The number of aromatic nitrogens is 3. The van der Waals surface area contributed by atoms with Crippen LogP contribution in [-0.2, 0) is 16.1 Å². The van der Waals surface area contributed by atoms with E-state index in [1.54, 1.807) is 11.0 Å². The fourth-order valence-corrected chi connectivity index (χ4v) is 3.12. The fourth-order valence-electron chi connectivity index (χ4n) is 3.12. The molecule has 0 aliphatic heterocycles. The van der Waals surface area contributed by atoms with Crippen LogP contribution >= 0.6 is 0 Å². The van der Waals surface area contributed by atoms with E-state index in [1.807, 2.05) is 11.8 Å². The van der Waals surface area contributed by atoms with Gasteiger partial charge < -0.3 is 9.64 Å². The predicted octanol–water partition coefficient (Wildman–Crippen LogP) is 1.72. The predicted molar refractivity (Wildman–Crippen MR) is 79.6 cm³/mol. The second kappa shape index (κ2) is 6.56. The molecule has 0 spiro atoms. The molecule has 1 aliphatic carbocycles. The first kappa shape index (κ1) is 15.9. The molecule has 2 atom stereocenters. The Morgan fingerprint density at radius 1 is 1.48 bits per heavy atom. The van der Waals surface area contributed by atoms with Gasteiger partial charge in [0.25, 0.3) is 0 Å². The van der Waals surface area contributed by atoms with Crippen LogP contribution in [0.1, 0.15) is 40.5 Å². The topological polar surface area (TPSA) is 60.2 Å². The summed E-state index contributed by atoms with van der Waals surface area (Å²) in [4.78, 5) is 18.5. The molecule has 0 saturated heterocycles. The van der Waals surface area contributed by atoms with Crippen LogP contribution in [0.5, 0.6) is 0 Å². The number of carbonyl (C=O) groups excluding carboxylic acids is 1. The van der Waals surface area contributed by atoms with Crippen molar-refractivity contribution in [3.63, 3.8) is 0 Å². The van der Waals surface area contributed by atoms with Crippen molar-refractivity contribution in [2.45, 2.75) is 59.2 Å². The molecule has 0 bridgehead atoms. The molecule has 0 radical (unpaired) electrons. The minimum absolute atomic E-state index is 0.00318. The van der Waals surface area contributed by atoms with E-state index >= 15 is 0 Å². The Morgan fingerprint density at radius 3 is 2.76 bits per heavy atom. The zero-order valence-electron chi connectivity index (χ0n) is 13.5. The monoisotopic (exact) mass is 294 g/mol. The number of hydrogen-bond acceptors (Lipinski definition) is 4. The first-order valence-electron chi connectivity index (χ1n) is 7.74. The second-order valence-electron chi connectivity index (χ2n) is 6.20. The van der Waals surface area contributed by atoms with E-state index in [9.17, 15) is 4.79 Å². The van der Waals surface area contributed by atoms with Crippen molar-refractivity contribution in [3.8, 4) is 0 Å². The molecule has 1 aromatic heterocycles. The summed E-state index contributed by atoms with van der Waals surface area (Å²) in [6, 6.07) is 0.241. The van der Waals surface area contributed by atoms with Gasteiger partial charge in [0.1, 0.15) is 19.2 Å². The Kier molecular flexibility index (Phi) is 4.98. The molecule has 0 N–H and O–H groups in total. The van der Waals surface area contributed by atoms with Crippen molar-refractivity contribution < 1.29 is 9.53 Å². The van der Waals surface area contributed by atoms with E-state index in [0.29, 0.717) is 0 Å². The first-order chi connectivity index (χ1) is 10.0. The molecule has 1 fully saturated rings. The highest BCUT2D eigenvalue weighted by molar-refractivity contribution is 5.76. The zero-order valence-corrected chi connectivity index (χ0v) is 13.5. The number of amides is 1. The van der Waals surface area contributed by atoms with Crippen molar-refractivity contribution in [1.29, 1.82) is 0 Å². The van der Waals surface area contributed by atoms with Crippen molar-refractivity contribution >= 4 is 5.91 Å². The van der Waals surface area contributed by atoms with Crippen LogP contribution in [0.4, 0.5) is 0 Å². The molecule has 118 valence electrons. The molecule has 2 rings (SSSR count). The largest absolute Gasteiger partial charge is 0.378 e. The Balaban J connectivity index is 2.04. The van der Waals surface area contributed by atoms with Gasteiger partial charge in [-0.15, -0.1) is 0 Å². The van der Waals surface area contributed by atoms with E-state index in [2.05, 4.69) is 30.9 Å². The molecular weight excluding hydrogens is 268 g/mol. The summed E-state index contributed by atoms with van der Waals surface area (Å²) in [6.45, 7) is 10.2. The lowest BCUT2D eigenvalue weighted by Crippen LogP contribution is -2.63. The highest BCUT2D eigenvalue weighted by atomic mass is 16.5. The lowest BCUT2D eigenvalue weighted by atomic mass is 9.63.